The quantitative estimate of drug-likeness (QED) is 0.520. The van der Waals surface area contributed by atoms with Crippen LogP contribution in [0.4, 0.5) is 5.13 Å². The molecule has 0 aliphatic carbocycles. The van der Waals surface area contributed by atoms with Crippen LogP contribution < -0.4 is 4.90 Å². The number of aromatic nitrogens is 3. The van der Waals surface area contributed by atoms with Crippen molar-refractivity contribution in [2.45, 2.75) is 13.0 Å². The van der Waals surface area contributed by atoms with E-state index in [1.807, 2.05) is 58.7 Å². The van der Waals surface area contributed by atoms with Gasteiger partial charge in [0.25, 0.3) is 0 Å². The Kier molecular flexibility index (Phi) is 4.58. The summed E-state index contributed by atoms with van der Waals surface area (Å²) in [7, 11) is 0. The molecule has 0 spiro atoms. The maximum absolute atomic E-state index is 12.9. The van der Waals surface area contributed by atoms with E-state index in [9.17, 15) is 4.79 Å². The van der Waals surface area contributed by atoms with Crippen LogP contribution >= 0.6 is 22.7 Å². The number of amides is 1. The molecule has 25 heavy (non-hydrogen) atoms. The lowest BCUT2D eigenvalue weighted by Crippen LogP contribution is -2.35. The minimum atomic E-state index is 0.0636. The van der Waals surface area contributed by atoms with Gasteiger partial charge in [-0.15, -0.1) is 11.3 Å². The smallest absolute Gasteiger partial charge is 0.234 e. The zero-order valence-corrected chi connectivity index (χ0v) is 15.0. The normalized spacial score (nSPS) is 11.0. The second-order valence-corrected chi connectivity index (χ2v) is 7.58. The van der Waals surface area contributed by atoms with E-state index in [1.54, 1.807) is 33.8 Å². The highest BCUT2D eigenvalue weighted by atomic mass is 32.1. The topological polar surface area (TPSA) is 51.0 Å². The van der Waals surface area contributed by atoms with Crippen molar-refractivity contribution in [1.82, 2.24) is 14.8 Å². The fourth-order valence-corrected chi connectivity index (χ4v) is 4.30. The van der Waals surface area contributed by atoms with Gasteiger partial charge < -0.3 is 0 Å². The van der Waals surface area contributed by atoms with Crippen LogP contribution in [0.3, 0.4) is 0 Å². The van der Waals surface area contributed by atoms with Gasteiger partial charge in [-0.25, -0.2) is 4.98 Å². The first-order valence-electron chi connectivity index (χ1n) is 7.95. The van der Waals surface area contributed by atoms with E-state index in [2.05, 4.69) is 10.1 Å². The van der Waals surface area contributed by atoms with Crippen LogP contribution in [-0.2, 0) is 17.8 Å². The first-order valence-corrected chi connectivity index (χ1v) is 9.65. The number of rotatable bonds is 6. The second-order valence-electron chi connectivity index (χ2n) is 5.53. The molecule has 5 nitrogen and oxygen atoms in total. The molecule has 0 radical (unpaired) electrons. The lowest BCUT2D eigenvalue weighted by atomic mass is 10.3. The molecular weight excluding hydrogens is 352 g/mol. The van der Waals surface area contributed by atoms with Crippen molar-refractivity contribution in [3.05, 3.63) is 65.1 Å². The first kappa shape index (κ1) is 16.0. The van der Waals surface area contributed by atoms with Gasteiger partial charge in [0.15, 0.2) is 5.13 Å². The predicted molar refractivity (Wildman–Crippen MR) is 102 cm³/mol. The zero-order valence-electron chi connectivity index (χ0n) is 13.4. The number of thiazole rings is 1. The highest BCUT2D eigenvalue weighted by molar-refractivity contribution is 7.22. The molecule has 7 heteroatoms. The summed E-state index contributed by atoms with van der Waals surface area (Å²) >= 11 is 3.15. The number of anilines is 1. The van der Waals surface area contributed by atoms with Crippen molar-refractivity contribution >= 4 is 43.9 Å². The summed E-state index contributed by atoms with van der Waals surface area (Å²) in [4.78, 5) is 20.4. The molecule has 0 bridgehead atoms. The van der Waals surface area contributed by atoms with Gasteiger partial charge in [0.2, 0.25) is 5.91 Å². The summed E-state index contributed by atoms with van der Waals surface area (Å²) in [6, 6.07) is 13.8. The van der Waals surface area contributed by atoms with E-state index in [4.69, 9.17) is 0 Å². The summed E-state index contributed by atoms with van der Waals surface area (Å²) in [6.07, 6.45) is 4.04. The van der Waals surface area contributed by atoms with E-state index in [0.29, 0.717) is 19.5 Å². The molecule has 0 saturated carbocycles. The molecule has 0 aliphatic heterocycles. The van der Waals surface area contributed by atoms with E-state index in [0.717, 1.165) is 20.2 Å². The monoisotopic (exact) mass is 368 g/mol. The third-order valence-corrected chi connectivity index (χ3v) is 5.77. The Balaban J connectivity index is 1.60. The van der Waals surface area contributed by atoms with Crippen molar-refractivity contribution in [3.63, 3.8) is 0 Å². The van der Waals surface area contributed by atoms with E-state index < -0.39 is 0 Å². The Morgan fingerprint density at radius 2 is 2.08 bits per heavy atom. The molecule has 126 valence electrons. The van der Waals surface area contributed by atoms with E-state index in [1.165, 1.54) is 0 Å². The number of benzene rings is 1. The SMILES string of the molecule is O=C(Cc1cccs1)N(CCn1cccn1)c1nc2ccccc2s1. The Morgan fingerprint density at radius 3 is 2.84 bits per heavy atom. The van der Waals surface area contributed by atoms with Gasteiger partial charge in [0, 0.05) is 23.8 Å². The second kappa shape index (κ2) is 7.16. The average molecular weight is 368 g/mol. The molecule has 1 aromatic carbocycles. The van der Waals surface area contributed by atoms with Gasteiger partial charge in [-0.2, -0.15) is 5.10 Å². The molecule has 1 amide bonds. The molecule has 0 N–H and O–H groups in total. The van der Waals surface area contributed by atoms with E-state index in [-0.39, 0.29) is 5.91 Å². The fraction of sp³-hybridized carbons (Fsp3) is 0.167. The number of carbonyl (C=O) groups is 1. The number of nitrogens with zero attached hydrogens (tertiary/aromatic N) is 4. The lowest BCUT2D eigenvalue weighted by Gasteiger charge is -2.19. The highest BCUT2D eigenvalue weighted by Crippen LogP contribution is 2.29. The largest absolute Gasteiger partial charge is 0.286 e. The maximum Gasteiger partial charge on any atom is 0.234 e. The van der Waals surface area contributed by atoms with Crippen LogP contribution in [0, 0.1) is 0 Å². The number of thiophene rings is 1. The molecule has 3 heterocycles. The molecule has 0 aliphatic rings. The Morgan fingerprint density at radius 1 is 1.16 bits per heavy atom. The van der Waals surface area contributed by atoms with Crippen LogP contribution in [-0.4, -0.2) is 27.2 Å². The van der Waals surface area contributed by atoms with Crippen molar-refractivity contribution in [3.8, 4) is 0 Å². The molecule has 0 atom stereocenters. The van der Waals surface area contributed by atoms with Gasteiger partial charge in [0.05, 0.1) is 23.2 Å². The van der Waals surface area contributed by atoms with Gasteiger partial charge in [-0.3, -0.25) is 14.4 Å². The molecule has 0 saturated heterocycles. The summed E-state index contributed by atoms with van der Waals surface area (Å²) < 4.78 is 2.92. The van der Waals surface area contributed by atoms with E-state index >= 15 is 0 Å². The minimum Gasteiger partial charge on any atom is -0.286 e. The summed E-state index contributed by atoms with van der Waals surface area (Å²) in [5.41, 5.74) is 0.926. The van der Waals surface area contributed by atoms with Gasteiger partial charge in [-0.05, 0) is 29.6 Å². The molecule has 0 unspecified atom stereocenters. The first-order chi connectivity index (χ1) is 12.3. The van der Waals surface area contributed by atoms with Crippen LogP contribution in [0.2, 0.25) is 0 Å². The minimum absolute atomic E-state index is 0.0636. The number of hydrogen-bond donors (Lipinski definition) is 0. The number of fused-ring (bicyclic) bond motifs is 1. The average Bonchev–Trinajstić information content (AvgIpc) is 3.36. The highest BCUT2D eigenvalue weighted by Gasteiger charge is 2.20. The molecule has 4 rings (SSSR count). The zero-order chi connectivity index (χ0) is 17.1. The van der Waals surface area contributed by atoms with Crippen LogP contribution in [0.1, 0.15) is 4.88 Å². The number of para-hydroxylation sites is 1. The third-order valence-electron chi connectivity index (χ3n) is 3.83. The number of carbonyl (C=O) groups excluding carboxylic acids is 1. The van der Waals surface area contributed by atoms with Gasteiger partial charge in [0.1, 0.15) is 0 Å². The molecule has 4 aromatic rings. The summed E-state index contributed by atoms with van der Waals surface area (Å²) in [6.45, 7) is 1.19. The van der Waals surface area contributed by atoms with Gasteiger partial charge in [-0.1, -0.05) is 29.5 Å². The maximum atomic E-state index is 12.9. The fourth-order valence-electron chi connectivity index (χ4n) is 2.60. The Hall–Kier alpha value is -2.51. The predicted octanol–water partition coefficient (Wildman–Crippen LogP) is 3.83. The van der Waals surface area contributed by atoms with Crippen molar-refractivity contribution < 1.29 is 4.79 Å². The van der Waals surface area contributed by atoms with Crippen LogP contribution in [0.25, 0.3) is 10.2 Å². The molecular formula is C18H16N4OS2. The van der Waals surface area contributed by atoms with Crippen molar-refractivity contribution in [1.29, 1.82) is 0 Å². The van der Waals surface area contributed by atoms with Crippen molar-refractivity contribution in [2.75, 3.05) is 11.4 Å². The van der Waals surface area contributed by atoms with Crippen molar-refractivity contribution in [2.24, 2.45) is 0 Å². The lowest BCUT2D eigenvalue weighted by molar-refractivity contribution is -0.118. The Labute approximate surface area is 153 Å². The van der Waals surface area contributed by atoms with Gasteiger partial charge >= 0.3 is 0 Å². The molecule has 0 fully saturated rings. The molecule has 3 aromatic heterocycles. The van der Waals surface area contributed by atoms with Crippen LogP contribution in [0.5, 0.6) is 0 Å². The third kappa shape index (κ3) is 3.62. The Bertz CT molecular complexity index is 927. The number of hydrogen-bond acceptors (Lipinski definition) is 5. The van der Waals surface area contributed by atoms with Crippen LogP contribution in [0.15, 0.2) is 60.2 Å². The summed E-state index contributed by atoms with van der Waals surface area (Å²) in [5.74, 6) is 0.0636. The summed E-state index contributed by atoms with van der Waals surface area (Å²) in [5, 5.41) is 6.96. The standard InChI is InChI=1S/C18H16N4OS2/c23-17(13-14-5-3-12-24-14)22(11-10-21-9-4-8-19-21)18-20-15-6-1-2-7-16(15)25-18/h1-9,12H,10-11,13H2.